The molecule has 4 N–H and O–H groups in total. The van der Waals surface area contributed by atoms with E-state index in [1.165, 1.54) is 0 Å². The van der Waals surface area contributed by atoms with Crippen LogP contribution < -0.4 is 20.7 Å². The van der Waals surface area contributed by atoms with Gasteiger partial charge in [0.25, 0.3) is 0 Å². The van der Waals surface area contributed by atoms with Crippen LogP contribution in [-0.2, 0) is 19.5 Å². The molecule has 1 saturated heterocycles. The zero-order valence-electron chi connectivity index (χ0n) is 19.5. The number of ether oxygens (including phenoxy) is 2. The lowest BCUT2D eigenvalue weighted by molar-refractivity contribution is 0.0200. The molecule has 1 heterocycles. The second kappa shape index (κ2) is 13.6. The van der Waals surface area contributed by atoms with Crippen LogP contribution in [0.4, 0.5) is 4.79 Å². The first-order valence-corrected chi connectivity index (χ1v) is 12.0. The minimum Gasteiger partial charge on any atom is -0.444 e. The average Bonchev–Trinajstić information content (AvgIpc) is 2.61. The Hall–Kier alpha value is -0.860. The smallest absolute Gasteiger partial charge is 0.408 e. The van der Waals surface area contributed by atoms with Gasteiger partial charge in [0.05, 0.1) is 17.4 Å². The molecule has 0 aromatic heterocycles. The Bertz CT molecular complexity index is 674. The van der Waals surface area contributed by atoms with Crippen LogP contribution in [0.25, 0.3) is 0 Å². The predicted octanol–water partition coefficient (Wildman–Crippen LogP) is 1.56. The molecule has 1 rings (SSSR count). The SMILES string of the molecule is CN=C(NCCS(=O)(=O)NCC1CCCCO1)NCC(C)(C)NC(=O)OC(C)(C)C.I. The highest BCUT2D eigenvalue weighted by atomic mass is 127. The van der Waals surface area contributed by atoms with Crippen molar-refractivity contribution in [1.29, 1.82) is 0 Å². The van der Waals surface area contributed by atoms with E-state index in [1.54, 1.807) is 27.8 Å². The first kappa shape index (κ1) is 30.1. The van der Waals surface area contributed by atoms with Crippen molar-refractivity contribution in [2.75, 3.05) is 39.0 Å². The first-order chi connectivity index (χ1) is 13.8. The molecule has 0 saturated carbocycles. The third-order valence-electron chi connectivity index (χ3n) is 4.23. The fraction of sp³-hybridized carbons (Fsp3) is 0.895. The lowest BCUT2D eigenvalue weighted by Crippen LogP contribution is -2.54. The van der Waals surface area contributed by atoms with Gasteiger partial charge in [-0.3, -0.25) is 4.99 Å². The molecule has 31 heavy (non-hydrogen) atoms. The molecular weight excluding hydrogens is 537 g/mol. The maximum atomic E-state index is 12.2. The van der Waals surface area contributed by atoms with E-state index in [0.717, 1.165) is 19.3 Å². The highest BCUT2D eigenvalue weighted by molar-refractivity contribution is 14.0. The van der Waals surface area contributed by atoms with E-state index in [9.17, 15) is 13.2 Å². The number of rotatable bonds is 9. The number of sulfonamides is 1. The van der Waals surface area contributed by atoms with E-state index >= 15 is 0 Å². The van der Waals surface area contributed by atoms with E-state index in [0.29, 0.717) is 25.7 Å². The number of hydrogen-bond acceptors (Lipinski definition) is 6. The Labute approximate surface area is 204 Å². The third-order valence-corrected chi connectivity index (χ3v) is 5.58. The van der Waals surface area contributed by atoms with E-state index in [4.69, 9.17) is 9.47 Å². The molecule has 0 aliphatic carbocycles. The summed E-state index contributed by atoms with van der Waals surface area (Å²) in [6.07, 6.45) is 2.43. The molecule has 0 bridgehead atoms. The Morgan fingerprint density at radius 2 is 1.84 bits per heavy atom. The Morgan fingerprint density at radius 1 is 1.16 bits per heavy atom. The van der Waals surface area contributed by atoms with Crippen LogP contribution in [0.2, 0.25) is 0 Å². The van der Waals surface area contributed by atoms with Crippen molar-refractivity contribution in [2.45, 2.75) is 71.1 Å². The second-order valence-electron chi connectivity index (χ2n) is 9.02. The molecule has 12 heteroatoms. The molecule has 10 nitrogen and oxygen atoms in total. The number of carbonyl (C=O) groups is 1. The fourth-order valence-electron chi connectivity index (χ4n) is 2.71. The summed E-state index contributed by atoms with van der Waals surface area (Å²) in [4.78, 5) is 16.0. The van der Waals surface area contributed by atoms with Crippen LogP contribution in [0.3, 0.4) is 0 Å². The first-order valence-electron chi connectivity index (χ1n) is 10.4. The zero-order valence-corrected chi connectivity index (χ0v) is 22.7. The number of nitrogens with zero attached hydrogens (tertiary/aromatic N) is 1. The maximum Gasteiger partial charge on any atom is 0.408 e. The summed E-state index contributed by atoms with van der Waals surface area (Å²) in [5.41, 5.74) is -1.18. The molecule has 0 aromatic carbocycles. The van der Waals surface area contributed by atoms with Gasteiger partial charge in [-0.2, -0.15) is 0 Å². The number of carbonyl (C=O) groups excluding carboxylic acids is 1. The number of aliphatic imine (C=N–C) groups is 1. The van der Waals surface area contributed by atoms with Gasteiger partial charge in [0.2, 0.25) is 10.0 Å². The van der Waals surface area contributed by atoms with Gasteiger partial charge in [-0.05, 0) is 53.9 Å². The highest BCUT2D eigenvalue weighted by Crippen LogP contribution is 2.12. The summed E-state index contributed by atoms with van der Waals surface area (Å²) in [5.74, 6) is 0.361. The van der Waals surface area contributed by atoms with Gasteiger partial charge in [0.1, 0.15) is 5.60 Å². The summed E-state index contributed by atoms with van der Waals surface area (Å²) in [6, 6.07) is 0. The minimum atomic E-state index is -3.41. The van der Waals surface area contributed by atoms with Crippen molar-refractivity contribution in [1.82, 2.24) is 20.7 Å². The molecule has 184 valence electrons. The Morgan fingerprint density at radius 3 is 2.39 bits per heavy atom. The van der Waals surface area contributed by atoms with E-state index in [2.05, 4.69) is 25.7 Å². The fourth-order valence-corrected chi connectivity index (χ4v) is 3.67. The standard InChI is InChI=1S/C19H39N5O5S.HI/c1-18(2,3)29-17(25)24-19(4,5)14-22-16(20-6)21-10-12-30(26,27)23-13-15-9-7-8-11-28-15;/h15,23H,7-14H2,1-6H3,(H,24,25)(H2,20,21,22);1H. The molecule has 0 aromatic rings. The molecule has 1 fully saturated rings. The van der Waals surface area contributed by atoms with Crippen molar-refractivity contribution < 1.29 is 22.7 Å². The predicted molar refractivity (Wildman–Crippen MR) is 134 cm³/mol. The van der Waals surface area contributed by atoms with Gasteiger partial charge in [0.15, 0.2) is 5.96 Å². The van der Waals surface area contributed by atoms with Crippen molar-refractivity contribution in [3.63, 3.8) is 0 Å². The Balaban J connectivity index is 0.00000900. The van der Waals surface area contributed by atoms with Crippen LogP contribution in [-0.4, -0.2) is 76.8 Å². The monoisotopic (exact) mass is 577 g/mol. The normalized spacial score (nSPS) is 18.0. The van der Waals surface area contributed by atoms with E-state index < -0.39 is 27.3 Å². The van der Waals surface area contributed by atoms with Crippen molar-refractivity contribution in [3.05, 3.63) is 0 Å². The lowest BCUT2D eigenvalue weighted by atomic mass is 10.1. The molecule has 1 atom stereocenters. The number of hydrogen-bond donors (Lipinski definition) is 4. The van der Waals surface area contributed by atoms with Crippen LogP contribution >= 0.6 is 24.0 Å². The van der Waals surface area contributed by atoms with Gasteiger partial charge >= 0.3 is 6.09 Å². The largest absolute Gasteiger partial charge is 0.444 e. The zero-order chi connectivity index (χ0) is 22.8. The van der Waals surface area contributed by atoms with Gasteiger partial charge < -0.3 is 25.4 Å². The minimum absolute atomic E-state index is 0. The number of halogens is 1. The summed E-state index contributed by atoms with van der Waals surface area (Å²) in [5, 5.41) is 8.85. The Kier molecular flexibility index (Phi) is 13.3. The van der Waals surface area contributed by atoms with Crippen molar-refractivity contribution in [2.24, 2.45) is 4.99 Å². The lowest BCUT2D eigenvalue weighted by Gasteiger charge is -2.29. The van der Waals surface area contributed by atoms with Crippen LogP contribution in [0.5, 0.6) is 0 Å². The van der Waals surface area contributed by atoms with Crippen LogP contribution in [0.15, 0.2) is 4.99 Å². The van der Waals surface area contributed by atoms with Gasteiger partial charge in [-0.15, -0.1) is 24.0 Å². The maximum absolute atomic E-state index is 12.2. The summed E-state index contributed by atoms with van der Waals surface area (Å²) in [6.45, 7) is 10.7. The second-order valence-corrected chi connectivity index (χ2v) is 10.9. The molecule has 0 radical (unpaired) electrons. The number of amides is 1. The average molecular weight is 578 g/mol. The van der Waals surface area contributed by atoms with Crippen LogP contribution in [0.1, 0.15) is 53.9 Å². The van der Waals surface area contributed by atoms with Crippen LogP contribution in [0, 0.1) is 0 Å². The quantitative estimate of drug-likeness (QED) is 0.186. The van der Waals surface area contributed by atoms with Gasteiger partial charge in [-0.1, -0.05) is 0 Å². The van der Waals surface area contributed by atoms with E-state index in [-0.39, 0.29) is 42.4 Å². The summed E-state index contributed by atoms with van der Waals surface area (Å²) < 4.78 is 37.7. The molecule has 1 amide bonds. The summed E-state index contributed by atoms with van der Waals surface area (Å²) >= 11 is 0. The molecule has 0 spiro atoms. The molecule has 1 aliphatic heterocycles. The topological polar surface area (TPSA) is 130 Å². The van der Waals surface area contributed by atoms with E-state index in [1.807, 2.05) is 13.8 Å². The summed E-state index contributed by atoms with van der Waals surface area (Å²) in [7, 11) is -1.82. The number of alkyl carbamates (subject to hydrolysis) is 1. The number of guanidine groups is 1. The molecule has 1 aliphatic rings. The molecule has 1 unspecified atom stereocenters. The van der Waals surface area contributed by atoms with Gasteiger partial charge in [-0.25, -0.2) is 17.9 Å². The van der Waals surface area contributed by atoms with Crippen molar-refractivity contribution >= 4 is 46.1 Å². The highest BCUT2D eigenvalue weighted by Gasteiger charge is 2.25. The third kappa shape index (κ3) is 14.8. The van der Waals surface area contributed by atoms with Crippen molar-refractivity contribution in [3.8, 4) is 0 Å². The number of nitrogens with one attached hydrogen (secondary N) is 4. The molecular formula is C19H40IN5O5S. The van der Waals surface area contributed by atoms with Gasteiger partial charge in [0, 0.05) is 33.3 Å².